The smallest absolute Gasteiger partial charge is 0.158 e. The zero-order valence-electron chi connectivity index (χ0n) is 6.13. The van der Waals surface area contributed by atoms with Crippen molar-refractivity contribution >= 4 is 9.76 Å². The number of hydrogen-bond donors (Lipinski definition) is 0. The molecule has 52 valence electrons. The lowest BCUT2D eigenvalue weighted by Gasteiger charge is -1.86. The van der Waals surface area contributed by atoms with Gasteiger partial charge in [-0.3, -0.25) is 0 Å². The standard InChI is InChI=1S/C3H10OSi.2C2H2/c1-3-4-5-2;2*1-2/h3,5H2,1-2H3;2*1-2H. The predicted octanol–water partition coefficient (Wildman–Crippen LogP) is 0.654. The van der Waals surface area contributed by atoms with E-state index in [1.807, 2.05) is 6.92 Å². The first-order valence-electron chi connectivity index (χ1n) is 2.66. The SMILES string of the molecule is C#C.C#C.CCO[SiH2]C. The number of rotatable bonds is 2. The maximum Gasteiger partial charge on any atom is 0.158 e. The van der Waals surface area contributed by atoms with Crippen LogP contribution in [-0.2, 0) is 4.43 Å². The highest BCUT2D eigenvalue weighted by molar-refractivity contribution is 6.24. The van der Waals surface area contributed by atoms with Gasteiger partial charge in [0.25, 0.3) is 0 Å². The summed E-state index contributed by atoms with van der Waals surface area (Å²) in [6.07, 6.45) is 16.0. The Morgan fingerprint density at radius 2 is 1.56 bits per heavy atom. The van der Waals surface area contributed by atoms with Crippen LogP contribution in [0.15, 0.2) is 0 Å². The van der Waals surface area contributed by atoms with Crippen molar-refractivity contribution in [3.05, 3.63) is 0 Å². The van der Waals surface area contributed by atoms with E-state index in [1.165, 1.54) is 0 Å². The van der Waals surface area contributed by atoms with Gasteiger partial charge >= 0.3 is 0 Å². The Bertz CT molecular complexity index is 48.4. The molecule has 0 aliphatic carbocycles. The van der Waals surface area contributed by atoms with Gasteiger partial charge in [0.2, 0.25) is 0 Å². The van der Waals surface area contributed by atoms with Crippen LogP contribution in [0.3, 0.4) is 0 Å². The average Bonchev–Trinajstić information content (AvgIpc) is 1.98. The third-order valence-electron chi connectivity index (χ3n) is 0.408. The minimum atomic E-state index is -0.0860. The molecular weight excluding hydrogens is 128 g/mol. The Labute approximate surface area is 60.8 Å². The van der Waals surface area contributed by atoms with Gasteiger partial charge < -0.3 is 4.43 Å². The quantitative estimate of drug-likeness (QED) is 0.406. The van der Waals surface area contributed by atoms with E-state index >= 15 is 0 Å². The second-order valence-corrected chi connectivity index (χ2v) is 1.77. The average molecular weight is 142 g/mol. The fraction of sp³-hybridized carbons (Fsp3) is 0.429. The van der Waals surface area contributed by atoms with Crippen molar-refractivity contribution in [3.63, 3.8) is 0 Å². The molecule has 0 aromatic rings. The fourth-order valence-corrected chi connectivity index (χ4v) is 0.612. The summed E-state index contributed by atoms with van der Waals surface area (Å²) in [6, 6.07) is 0. The molecule has 0 aromatic carbocycles. The lowest BCUT2D eigenvalue weighted by Crippen LogP contribution is -1.88. The molecule has 9 heavy (non-hydrogen) atoms. The third kappa shape index (κ3) is 122. The van der Waals surface area contributed by atoms with Gasteiger partial charge in [-0.2, -0.15) is 0 Å². The topological polar surface area (TPSA) is 9.23 Å². The van der Waals surface area contributed by atoms with Gasteiger partial charge in [-0.15, -0.1) is 25.7 Å². The van der Waals surface area contributed by atoms with Crippen molar-refractivity contribution in [3.8, 4) is 25.7 Å². The molecule has 0 saturated heterocycles. The van der Waals surface area contributed by atoms with E-state index in [4.69, 9.17) is 4.43 Å². The third-order valence-corrected chi connectivity index (χ3v) is 1.22. The van der Waals surface area contributed by atoms with Crippen molar-refractivity contribution in [2.24, 2.45) is 0 Å². The summed E-state index contributed by atoms with van der Waals surface area (Å²) < 4.78 is 4.97. The van der Waals surface area contributed by atoms with Crippen LogP contribution in [0, 0.1) is 25.7 Å². The highest BCUT2D eigenvalue weighted by Gasteiger charge is 1.65. The summed E-state index contributed by atoms with van der Waals surface area (Å²) in [5.41, 5.74) is 0. The predicted molar refractivity (Wildman–Crippen MR) is 45.8 cm³/mol. The van der Waals surface area contributed by atoms with Crippen molar-refractivity contribution in [2.45, 2.75) is 13.5 Å². The van der Waals surface area contributed by atoms with Crippen LogP contribution in [0.25, 0.3) is 0 Å². The van der Waals surface area contributed by atoms with Gasteiger partial charge in [0.1, 0.15) is 0 Å². The molecule has 0 saturated carbocycles. The zero-order valence-corrected chi connectivity index (χ0v) is 7.55. The molecule has 0 radical (unpaired) electrons. The molecule has 0 fully saturated rings. The first-order valence-corrected chi connectivity index (χ1v) is 4.65. The summed E-state index contributed by atoms with van der Waals surface area (Å²) in [7, 11) is -0.0860. The molecule has 0 aliphatic rings. The summed E-state index contributed by atoms with van der Waals surface area (Å²) in [5.74, 6) is 0. The van der Waals surface area contributed by atoms with Crippen LogP contribution in [-0.4, -0.2) is 16.4 Å². The van der Waals surface area contributed by atoms with Gasteiger partial charge in [-0.25, -0.2) is 0 Å². The minimum Gasteiger partial charge on any atom is -0.425 e. The Hall–Kier alpha value is -0.703. The first kappa shape index (κ1) is 15.7. The van der Waals surface area contributed by atoms with Gasteiger partial charge in [0, 0.05) is 6.61 Å². The Morgan fingerprint density at radius 1 is 1.22 bits per heavy atom. The maximum absolute atomic E-state index is 4.97. The van der Waals surface area contributed by atoms with Crippen LogP contribution in [0.4, 0.5) is 0 Å². The van der Waals surface area contributed by atoms with Crippen LogP contribution < -0.4 is 0 Å². The van der Waals surface area contributed by atoms with Crippen LogP contribution in [0.1, 0.15) is 6.92 Å². The van der Waals surface area contributed by atoms with E-state index in [2.05, 4.69) is 32.2 Å². The summed E-state index contributed by atoms with van der Waals surface area (Å²) >= 11 is 0. The number of hydrogen-bond acceptors (Lipinski definition) is 1. The molecular formula is C7H14OSi. The molecule has 0 aromatic heterocycles. The largest absolute Gasteiger partial charge is 0.425 e. The van der Waals surface area contributed by atoms with Gasteiger partial charge in [0.05, 0.1) is 0 Å². The normalized spacial score (nSPS) is 6.44. The van der Waals surface area contributed by atoms with E-state index in [9.17, 15) is 0 Å². The molecule has 0 aliphatic heterocycles. The van der Waals surface area contributed by atoms with Crippen molar-refractivity contribution < 1.29 is 4.43 Å². The first-order chi connectivity index (χ1) is 4.41. The molecule has 0 rings (SSSR count). The van der Waals surface area contributed by atoms with E-state index in [1.54, 1.807) is 0 Å². The van der Waals surface area contributed by atoms with Gasteiger partial charge in [0.15, 0.2) is 9.76 Å². The van der Waals surface area contributed by atoms with E-state index < -0.39 is 0 Å². The molecule has 0 atom stereocenters. The molecule has 0 heterocycles. The maximum atomic E-state index is 4.97. The Balaban J connectivity index is -0.0000000771. The molecule has 2 heteroatoms. The van der Waals surface area contributed by atoms with Crippen LogP contribution in [0.5, 0.6) is 0 Å². The zero-order chi connectivity index (χ0) is 8.12. The van der Waals surface area contributed by atoms with E-state index in [0.717, 1.165) is 6.61 Å². The van der Waals surface area contributed by atoms with Crippen LogP contribution in [0.2, 0.25) is 6.55 Å². The monoisotopic (exact) mass is 142 g/mol. The molecule has 0 bridgehead atoms. The van der Waals surface area contributed by atoms with E-state index in [0.29, 0.717) is 0 Å². The Kier molecular flexibility index (Phi) is 95.9. The van der Waals surface area contributed by atoms with Crippen LogP contribution >= 0.6 is 0 Å². The van der Waals surface area contributed by atoms with Crippen molar-refractivity contribution in [1.82, 2.24) is 0 Å². The number of terminal acetylenes is 2. The van der Waals surface area contributed by atoms with Crippen molar-refractivity contribution in [2.75, 3.05) is 6.61 Å². The lowest BCUT2D eigenvalue weighted by molar-refractivity contribution is 0.364. The molecule has 0 unspecified atom stereocenters. The summed E-state index contributed by atoms with van der Waals surface area (Å²) in [6.45, 7) is 5.06. The van der Waals surface area contributed by atoms with Crippen molar-refractivity contribution in [1.29, 1.82) is 0 Å². The van der Waals surface area contributed by atoms with Gasteiger partial charge in [-0.05, 0) is 6.92 Å². The molecule has 0 spiro atoms. The highest BCUT2D eigenvalue weighted by atomic mass is 28.2. The second kappa shape index (κ2) is 54.8. The molecule has 0 amide bonds. The lowest BCUT2D eigenvalue weighted by atomic mass is 10.9. The summed E-state index contributed by atoms with van der Waals surface area (Å²) in [4.78, 5) is 0. The Morgan fingerprint density at radius 3 is 1.56 bits per heavy atom. The fourth-order valence-electron chi connectivity index (χ4n) is 0.204. The van der Waals surface area contributed by atoms with E-state index in [-0.39, 0.29) is 9.76 Å². The summed E-state index contributed by atoms with van der Waals surface area (Å²) in [5, 5.41) is 0. The molecule has 1 nitrogen and oxygen atoms in total. The van der Waals surface area contributed by atoms with Gasteiger partial charge in [-0.1, -0.05) is 6.55 Å². The molecule has 0 N–H and O–H groups in total. The minimum absolute atomic E-state index is 0.0860. The highest BCUT2D eigenvalue weighted by Crippen LogP contribution is 1.61. The second-order valence-electron chi connectivity index (χ2n) is 0.781.